The molecule has 0 atom stereocenters. The van der Waals surface area contributed by atoms with Crippen molar-refractivity contribution in [3.8, 4) is 11.3 Å². The maximum Gasteiger partial charge on any atom is 0.223 e. The van der Waals surface area contributed by atoms with Gasteiger partial charge in [0, 0.05) is 24.7 Å². The molecule has 0 saturated carbocycles. The molecular weight excluding hydrogens is 278 g/mol. The highest BCUT2D eigenvalue weighted by molar-refractivity contribution is 5.94. The predicted octanol–water partition coefficient (Wildman–Crippen LogP) is 2.46. The van der Waals surface area contributed by atoms with Gasteiger partial charge in [0.25, 0.3) is 0 Å². The number of amides is 1. The third kappa shape index (κ3) is 2.35. The molecule has 0 aliphatic carbocycles. The van der Waals surface area contributed by atoms with Gasteiger partial charge in [-0.1, -0.05) is 12.1 Å². The van der Waals surface area contributed by atoms with E-state index in [2.05, 4.69) is 11.7 Å². The molecule has 1 aliphatic rings. The van der Waals surface area contributed by atoms with Crippen molar-refractivity contribution in [2.24, 2.45) is 0 Å². The molecule has 5 heteroatoms. The average Bonchev–Trinajstić information content (AvgIpc) is 3.10. The molecule has 2 heterocycles. The summed E-state index contributed by atoms with van der Waals surface area (Å²) in [4.78, 5) is 24.5. The molecule has 112 valence electrons. The van der Waals surface area contributed by atoms with Gasteiger partial charge >= 0.3 is 0 Å². The number of aromatic nitrogens is 2. The molecule has 1 aromatic carbocycles. The summed E-state index contributed by atoms with van der Waals surface area (Å²) in [5, 5.41) is 4.45. The topological polar surface area (TPSA) is 55.2 Å². The highest BCUT2D eigenvalue weighted by Gasteiger charge is 2.22. The monoisotopic (exact) mass is 295 g/mol. The van der Waals surface area contributed by atoms with Gasteiger partial charge in [0.2, 0.25) is 5.91 Å². The highest BCUT2D eigenvalue weighted by Crippen LogP contribution is 2.32. The van der Waals surface area contributed by atoms with Crippen LogP contribution in [0.4, 0.5) is 5.69 Å². The van der Waals surface area contributed by atoms with Crippen molar-refractivity contribution < 1.29 is 9.59 Å². The summed E-state index contributed by atoms with van der Waals surface area (Å²) in [5.74, 6) is 0.0602. The van der Waals surface area contributed by atoms with Crippen LogP contribution in [0.5, 0.6) is 0 Å². The number of hydrogen-bond donors (Lipinski definition) is 0. The third-order valence-electron chi connectivity index (χ3n) is 3.88. The van der Waals surface area contributed by atoms with Gasteiger partial charge in [0.05, 0.1) is 12.2 Å². The zero-order valence-electron chi connectivity index (χ0n) is 12.5. The summed E-state index contributed by atoms with van der Waals surface area (Å²) in [7, 11) is 0. The minimum absolute atomic E-state index is 0.0602. The second-order valence-electron chi connectivity index (χ2n) is 5.31. The SMILES string of the molecule is C=CCn1nc(-c2ccc3c(c2)CCN3C(C)=O)cc1C=O. The molecule has 0 bridgehead atoms. The Morgan fingerprint density at radius 3 is 2.91 bits per heavy atom. The number of allylic oxidation sites excluding steroid dienone is 1. The number of nitrogens with zero attached hydrogens (tertiary/aromatic N) is 3. The van der Waals surface area contributed by atoms with Gasteiger partial charge in [-0.15, -0.1) is 6.58 Å². The van der Waals surface area contributed by atoms with Crippen LogP contribution in [0.2, 0.25) is 0 Å². The van der Waals surface area contributed by atoms with E-state index in [9.17, 15) is 9.59 Å². The maximum atomic E-state index is 11.6. The van der Waals surface area contributed by atoms with E-state index in [4.69, 9.17) is 0 Å². The molecule has 0 fully saturated rings. The van der Waals surface area contributed by atoms with E-state index in [0.717, 1.165) is 41.8 Å². The number of fused-ring (bicyclic) bond motifs is 1. The summed E-state index contributed by atoms with van der Waals surface area (Å²) in [6, 6.07) is 7.71. The molecule has 0 spiro atoms. The summed E-state index contributed by atoms with van der Waals surface area (Å²) in [6.07, 6.45) is 3.35. The molecular formula is C17H17N3O2. The Bertz CT molecular complexity index is 761. The summed E-state index contributed by atoms with van der Waals surface area (Å²) >= 11 is 0. The lowest BCUT2D eigenvalue weighted by molar-refractivity contribution is -0.116. The molecule has 0 radical (unpaired) electrons. The molecule has 0 saturated heterocycles. The fraction of sp³-hybridized carbons (Fsp3) is 0.235. The first kappa shape index (κ1) is 14.3. The summed E-state index contributed by atoms with van der Waals surface area (Å²) in [5.41, 5.74) is 4.35. The molecule has 2 aromatic rings. The Morgan fingerprint density at radius 1 is 1.41 bits per heavy atom. The molecule has 1 aromatic heterocycles. The molecule has 1 aliphatic heterocycles. The molecule has 1 amide bonds. The summed E-state index contributed by atoms with van der Waals surface area (Å²) in [6.45, 7) is 6.47. The van der Waals surface area contributed by atoms with Crippen LogP contribution in [-0.2, 0) is 17.8 Å². The van der Waals surface area contributed by atoms with Gasteiger partial charge in [-0.2, -0.15) is 5.10 Å². The van der Waals surface area contributed by atoms with Gasteiger partial charge in [0.1, 0.15) is 5.69 Å². The molecule has 3 rings (SSSR count). The van der Waals surface area contributed by atoms with Gasteiger partial charge in [0.15, 0.2) is 6.29 Å². The molecule has 0 N–H and O–H groups in total. The standard InChI is InChI=1S/C17H17N3O2/c1-3-7-20-15(11-21)10-16(18-20)13-4-5-17-14(9-13)6-8-19(17)12(2)22/h3-5,9-11H,1,6-8H2,2H3. The first-order chi connectivity index (χ1) is 10.6. The predicted molar refractivity (Wildman–Crippen MR) is 85.0 cm³/mol. The van der Waals surface area contributed by atoms with Crippen molar-refractivity contribution >= 4 is 17.9 Å². The van der Waals surface area contributed by atoms with Crippen LogP contribution in [0.1, 0.15) is 23.0 Å². The van der Waals surface area contributed by atoms with Crippen molar-refractivity contribution in [1.29, 1.82) is 0 Å². The second kappa shape index (κ2) is 5.60. The van der Waals surface area contributed by atoms with Crippen molar-refractivity contribution in [2.45, 2.75) is 19.9 Å². The van der Waals surface area contributed by atoms with Gasteiger partial charge in [-0.25, -0.2) is 0 Å². The first-order valence-electron chi connectivity index (χ1n) is 7.19. The number of benzene rings is 1. The van der Waals surface area contributed by atoms with Crippen LogP contribution in [0.3, 0.4) is 0 Å². The lowest BCUT2D eigenvalue weighted by Gasteiger charge is -2.14. The Hall–Kier alpha value is -2.69. The number of aldehydes is 1. The fourth-order valence-corrected chi connectivity index (χ4v) is 2.82. The number of carbonyl (C=O) groups excluding carboxylic acids is 2. The average molecular weight is 295 g/mol. The van der Waals surface area contributed by atoms with E-state index in [1.165, 1.54) is 0 Å². The third-order valence-corrected chi connectivity index (χ3v) is 3.88. The molecule has 0 unspecified atom stereocenters. The van der Waals surface area contributed by atoms with Crippen molar-refractivity contribution in [1.82, 2.24) is 9.78 Å². The molecule has 5 nitrogen and oxygen atoms in total. The Kier molecular flexibility index (Phi) is 3.63. The molecule has 22 heavy (non-hydrogen) atoms. The first-order valence-corrected chi connectivity index (χ1v) is 7.19. The van der Waals surface area contributed by atoms with Crippen LogP contribution in [0.15, 0.2) is 36.9 Å². The van der Waals surface area contributed by atoms with Crippen LogP contribution in [0.25, 0.3) is 11.3 Å². The van der Waals surface area contributed by atoms with Crippen LogP contribution in [-0.4, -0.2) is 28.5 Å². The number of hydrogen-bond acceptors (Lipinski definition) is 3. The van der Waals surface area contributed by atoms with Gasteiger partial charge in [-0.05, 0) is 30.2 Å². The van der Waals surface area contributed by atoms with Crippen molar-refractivity contribution in [3.63, 3.8) is 0 Å². The van der Waals surface area contributed by atoms with Crippen LogP contribution < -0.4 is 4.90 Å². The van der Waals surface area contributed by atoms with E-state index >= 15 is 0 Å². The lowest BCUT2D eigenvalue weighted by Crippen LogP contribution is -2.25. The smallest absolute Gasteiger partial charge is 0.223 e. The maximum absolute atomic E-state index is 11.6. The number of carbonyl (C=O) groups is 2. The Morgan fingerprint density at radius 2 is 2.23 bits per heavy atom. The van der Waals surface area contributed by atoms with Crippen molar-refractivity contribution in [3.05, 3.63) is 48.2 Å². The number of rotatable bonds is 4. The zero-order valence-corrected chi connectivity index (χ0v) is 12.5. The minimum atomic E-state index is 0.0602. The van der Waals surface area contributed by atoms with E-state index in [0.29, 0.717) is 12.2 Å². The van der Waals surface area contributed by atoms with E-state index in [-0.39, 0.29) is 5.91 Å². The normalized spacial score (nSPS) is 13.0. The van der Waals surface area contributed by atoms with E-state index < -0.39 is 0 Å². The van der Waals surface area contributed by atoms with Gasteiger partial charge < -0.3 is 4.90 Å². The van der Waals surface area contributed by atoms with Crippen molar-refractivity contribution in [2.75, 3.05) is 11.4 Å². The number of anilines is 1. The van der Waals surface area contributed by atoms with Gasteiger partial charge in [-0.3, -0.25) is 14.3 Å². The largest absolute Gasteiger partial charge is 0.312 e. The zero-order chi connectivity index (χ0) is 15.7. The fourth-order valence-electron chi connectivity index (χ4n) is 2.82. The second-order valence-corrected chi connectivity index (χ2v) is 5.31. The van der Waals surface area contributed by atoms with Crippen LogP contribution >= 0.6 is 0 Å². The van der Waals surface area contributed by atoms with Crippen LogP contribution in [0, 0.1) is 0 Å². The lowest BCUT2D eigenvalue weighted by atomic mass is 10.1. The Balaban J connectivity index is 1.99. The van der Waals surface area contributed by atoms with E-state index in [1.54, 1.807) is 28.6 Å². The Labute approximate surface area is 128 Å². The quantitative estimate of drug-likeness (QED) is 0.643. The minimum Gasteiger partial charge on any atom is -0.312 e. The summed E-state index contributed by atoms with van der Waals surface area (Å²) < 4.78 is 1.63. The highest BCUT2D eigenvalue weighted by atomic mass is 16.2. The van der Waals surface area contributed by atoms with E-state index in [1.807, 2.05) is 18.2 Å².